The highest BCUT2D eigenvalue weighted by atomic mass is 19.3. The summed E-state index contributed by atoms with van der Waals surface area (Å²) in [7, 11) is 1.50. The number of nitrogens with one attached hydrogen (secondary N) is 3. The lowest BCUT2D eigenvalue weighted by atomic mass is 10.1. The number of rotatable bonds is 6. The third-order valence-corrected chi connectivity index (χ3v) is 5.30. The number of aromatic nitrogens is 7. The Bertz CT molecular complexity index is 1170. The maximum Gasteiger partial charge on any atom is 0.255 e. The van der Waals surface area contributed by atoms with Gasteiger partial charge in [-0.2, -0.15) is 15.4 Å². The van der Waals surface area contributed by atoms with Gasteiger partial charge in [-0.3, -0.25) is 9.36 Å². The number of halogens is 2. The van der Waals surface area contributed by atoms with E-state index in [1.807, 2.05) is 0 Å². The van der Waals surface area contributed by atoms with Crippen molar-refractivity contribution in [1.29, 1.82) is 0 Å². The quantitative estimate of drug-likeness (QED) is 0.467. The molecule has 5 rings (SSSR count). The molecule has 3 aromatic heterocycles. The van der Waals surface area contributed by atoms with Crippen LogP contribution in [-0.2, 0) is 19.0 Å². The second-order valence-electron chi connectivity index (χ2n) is 7.97. The number of carbonyl (C=O) groups excluding carboxylic acids is 1. The summed E-state index contributed by atoms with van der Waals surface area (Å²) in [4.78, 5) is 25.6. The van der Waals surface area contributed by atoms with Crippen LogP contribution >= 0.6 is 0 Å². The van der Waals surface area contributed by atoms with Crippen LogP contribution in [0.2, 0.25) is 0 Å². The highest BCUT2D eigenvalue weighted by Gasteiger charge is 2.58. The summed E-state index contributed by atoms with van der Waals surface area (Å²) in [5, 5.41) is 15.3. The molecule has 0 radical (unpaired) electrons. The van der Waals surface area contributed by atoms with Gasteiger partial charge in [0, 0.05) is 7.05 Å². The normalized spacial score (nSPS) is 26.1. The Morgan fingerprint density at radius 1 is 1.30 bits per heavy atom. The molecule has 0 spiro atoms. The summed E-state index contributed by atoms with van der Waals surface area (Å²) in [6, 6.07) is 0. The maximum atomic E-state index is 12.9. The number of ether oxygens (including phenoxy) is 3. The molecule has 0 saturated carbocycles. The molecule has 0 aliphatic carbocycles. The van der Waals surface area contributed by atoms with Crippen LogP contribution < -0.4 is 10.6 Å². The number of carbonyl (C=O) groups is 1. The zero-order valence-corrected chi connectivity index (χ0v) is 17.8. The van der Waals surface area contributed by atoms with Crippen LogP contribution in [0.5, 0.6) is 0 Å². The first kappa shape index (κ1) is 21.5. The lowest BCUT2D eigenvalue weighted by molar-refractivity contribution is -0.197. The summed E-state index contributed by atoms with van der Waals surface area (Å²) >= 11 is 0. The first-order valence-corrected chi connectivity index (χ1v) is 10.1. The first-order valence-electron chi connectivity index (χ1n) is 10.1. The van der Waals surface area contributed by atoms with Gasteiger partial charge in [-0.1, -0.05) is 0 Å². The molecule has 1 amide bonds. The molecular formula is C18H21F2N9O4. The van der Waals surface area contributed by atoms with E-state index in [0.29, 0.717) is 5.69 Å². The number of aromatic amines is 1. The molecule has 5 heterocycles. The van der Waals surface area contributed by atoms with E-state index in [2.05, 4.69) is 41.0 Å². The van der Waals surface area contributed by atoms with Gasteiger partial charge < -0.3 is 24.8 Å². The van der Waals surface area contributed by atoms with Gasteiger partial charge in [0.2, 0.25) is 0 Å². The third-order valence-electron chi connectivity index (χ3n) is 5.30. The van der Waals surface area contributed by atoms with Crippen molar-refractivity contribution >= 4 is 22.9 Å². The molecule has 2 aliphatic heterocycles. The fourth-order valence-corrected chi connectivity index (χ4v) is 3.98. The molecule has 0 unspecified atom stereocenters. The van der Waals surface area contributed by atoms with Crippen molar-refractivity contribution in [3.05, 3.63) is 12.5 Å². The van der Waals surface area contributed by atoms with Gasteiger partial charge in [0.15, 0.2) is 40.9 Å². The lowest BCUT2D eigenvalue weighted by Crippen LogP contribution is -2.41. The van der Waals surface area contributed by atoms with E-state index >= 15 is 0 Å². The van der Waals surface area contributed by atoms with Gasteiger partial charge in [-0.25, -0.2) is 23.7 Å². The smallest absolute Gasteiger partial charge is 0.255 e. The molecule has 2 aliphatic rings. The van der Waals surface area contributed by atoms with E-state index < -0.39 is 43.3 Å². The fourth-order valence-electron chi connectivity index (χ4n) is 3.98. The number of hydrogen-bond donors (Lipinski definition) is 3. The van der Waals surface area contributed by atoms with Gasteiger partial charge in [-0.05, 0) is 13.8 Å². The van der Waals surface area contributed by atoms with Crippen LogP contribution in [-0.4, -0.2) is 85.0 Å². The number of alkyl halides is 2. The van der Waals surface area contributed by atoms with Gasteiger partial charge >= 0.3 is 0 Å². The maximum absolute atomic E-state index is 12.9. The van der Waals surface area contributed by atoms with Crippen LogP contribution in [0.15, 0.2) is 12.5 Å². The number of likely N-dealkylation sites (N-methyl/N-ethyl adjacent to an activating group) is 1. The molecule has 33 heavy (non-hydrogen) atoms. The van der Waals surface area contributed by atoms with Crippen molar-refractivity contribution in [1.82, 2.24) is 40.2 Å². The highest BCUT2D eigenvalue weighted by molar-refractivity contribution is 5.85. The van der Waals surface area contributed by atoms with E-state index in [9.17, 15) is 13.6 Å². The minimum Gasteiger partial charge on any atom is -0.362 e. The second kappa shape index (κ2) is 7.93. The Labute approximate surface area is 185 Å². The van der Waals surface area contributed by atoms with E-state index in [1.165, 1.54) is 19.6 Å². The van der Waals surface area contributed by atoms with Crippen molar-refractivity contribution in [2.75, 3.05) is 18.9 Å². The molecule has 2 saturated heterocycles. The van der Waals surface area contributed by atoms with Crippen LogP contribution in [0.3, 0.4) is 0 Å². The number of fused-ring (bicyclic) bond motifs is 2. The summed E-state index contributed by atoms with van der Waals surface area (Å²) in [6.45, 7) is 2.85. The van der Waals surface area contributed by atoms with Crippen molar-refractivity contribution < 1.29 is 27.8 Å². The predicted octanol–water partition coefficient (Wildman–Crippen LogP) is 0.452. The van der Waals surface area contributed by atoms with Gasteiger partial charge in [0.1, 0.15) is 17.9 Å². The average molecular weight is 465 g/mol. The van der Waals surface area contributed by atoms with Crippen molar-refractivity contribution in [2.45, 2.75) is 50.6 Å². The summed E-state index contributed by atoms with van der Waals surface area (Å²) < 4.78 is 45.3. The van der Waals surface area contributed by atoms with Crippen LogP contribution in [0, 0.1) is 0 Å². The highest BCUT2D eigenvalue weighted by Crippen LogP contribution is 2.44. The molecular weight excluding hydrogens is 444 g/mol. The van der Waals surface area contributed by atoms with Crippen LogP contribution in [0.25, 0.3) is 22.7 Å². The first-order chi connectivity index (χ1) is 15.8. The predicted molar refractivity (Wildman–Crippen MR) is 107 cm³/mol. The lowest BCUT2D eigenvalue weighted by Gasteiger charge is -2.24. The molecule has 176 valence electrons. The standard InChI is InChI=1S/C18H21F2N9O4/c1-18(2)32-10-11(16(30)21-3)31-17(12(10)33-18)29-6-23-9-14(22-5-8(19)20)25-13(26-15(9)29)7-4-24-28-27-7/h4,6,8,10-12,17H,5H2,1-3H3,(H,21,30)(H,22,25,26)(H,24,27,28)/t10-,11+,12-,17-/m1/s1. The Morgan fingerprint density at radius 3 is 2.79 bits per heavy atom. The molecule has 15 heteroatoms. The minimum absolute atomic E-state index is 0.0957. The fraction of sp³-hybridized carbons (Fsp3) is 0.556. The molecule has 3 aromatic rings. The molecule has 13 nitrogen and oxygen atoms in total. The van der Waals surface area contributed by atoms with Crippen LogP contribution in [0.1, 0.15) is 20.1 Å². The van der Waals surface area contributed by atoms with E-state index in [1.54, 1.807) is 18.4 Å². The largest absolute Gasteiger partial charge is 0.362 e. The third kappa shape index (κ3) is 3.77. The van der Waals surface area contributed by atoms with Crippen molar-refractivity contribution in [3.63, 3.8) is 0 Å². The number of H-pyrrole nitrogens is 1. The molecule has 2 fully saturated rings. The van der Waals surface area contributed by atoms with E-state index in [-0.39, 0.29) is 28.7 Å². The molecule has 0 aromatic carbocycles. The topological polar surface area (TPSA) is 154 Å². The average Bonchev–Trinajstić information content (AvgIpc) is 3.54. The van der Waals surface area contributed by atoms with E-state index in [4.69, 9.17) is 14.2 Å². The summed E-state index contributed by atoms with van der Waals surface area (Å²) in [6.07, 6.45) is -2.85. The van der Waals surface area contributed by atoms with E-state index in [0.717, 1.165) is 0 Å². The Kier molecular flexibility index (Phi) is 5.18. The van der Waals surface area contributed by atoms with Gasteiger partial charge in [0.25, 0.3) is 12.3 Å². The Morgan fingerprint density at radius 2 is 2.09 bits per heavy atom. The molecule has 4 atom stereocenters. The monoisotopic (exact) mass is 465 g/mol. The van der Waals surface area contributed by atoms with Gasteiger partial charge in [0.05, 0.1) is 19.1 Å². The SMILES string of the molecule is CNC(=O)[C@H]1O[C@@H](n2cnc3c(NCC(F)F)nc(-c4cn[nH]n4)nc32)[C@@H]2OC(C)(C)O[C@@H]21. The minimum atomic E-state index is -2.61. The van der Waals surface area contributed by atoms with Crippen molar-refractivity contribution in [2.24, 2.45) is 0 Å². The Hall–Kier alpha value is -3.30. The summed E-state index contributed by atoms with van der Waals surface area (Å²) in [5.41, 5.74) is 0.818. The molecule has 0 bridgehead atoms. The van der Waals surface area contributed by atoms with Gasteiger partial charge in [-0.15, -0.1) is 0 Å². The number of anilines is 1. The van der Waals surface area contributed by atoms with Crippen molar-refractivity contribution in [3.8, 4) is 11.5 Å². The summed E-state index contributed by atoms with van der Waals surface area (Å²) in [5.74, 6) is -1.07. The number of hydrogen-bond acceptors (Lipinski definition) is 10. The molecule has 3 N–H and O–H groups in total. The van der Waals surface area contributed by atoms with Crippen LogP contribution in [0.4, 0.5) is 14.6 Å². The number of amides is 1. The second-order valence-corrected chi connectivity index (χ2v) is 7.97. The zero-order chi connectivity index (χ0) is 23.3. The number of imidazole rings is 1. The Balaban J connectivity index is 1.60. The zero-order valence-electron chi connectivity index (χ0n) is 17.8. The number of nitrogens with zero attached hydrogens (tertiary/aromatic N) is 6.